The lowest BCUT2D eigenvalue weighted by atomic mass is 10.1. The van der Waals surface area contributed by atoms with Gasteiger partial charge >= 0.3 is 0 Å². The maximum absolute atomic E-state index is 12.5. The Labute approximate surface area is 136 Å². The highest BCUT2D eigenvalue weighted by Gasteiger charge is 2.22. The highest BCUT2D eigenvalue weighted by molar-refractivity contribution is 6.30. The van der Waals surface area contributed by atoms with Crippen LogP contribution in [0.15, 0.2) is 35.4 Å². The van der Waals surface area contributed by atoms with Gasteiger partial charge in [-0.2, -0.15) is 0 Å². The molecule has 0 radical (unpaired) electrons. The molecule has 4 rings (SSSR count). The summed E-state index contributed by atoms with van der Waals surface area (Å²) in [4.78, 5) is 21.3. The molecule has 3 aromatic rings. The lowest BCUT2D eigenvalue weighted by molar-refractivity contribution is 0.174. The number of halogens is 1. The van der Waals surface area contributed by atoms with Crippen molar-refractivity contribution in [3.63, 3.8) is 0 Å². The van der Waals surface area contributed by atoms with E-state index in [-0.39, 0.29) is 17.5 Å². The fraction of sp³-hybridized carbons (Fsp3) is 0.188. The fourth-order valence-electron chi connectivity index (χ4n) is 2.67. The van der Waals surface area contributed by atoms with Crippen LogP contribution in [-0.4, -0.2) is 21.3 Å². The Hall–Kier alpha value is -2.60. The minimum atomic E-state index is -0.146. The number of aromatic nitrogens is 3. The summed E-state index contributed by atoms with van der Waals surface area (Å²) in [6.45, 7) is 2.57. The first-order valence-electron chi connectivity index (χ1n) is 7.13. The molecule has 116 valence electrons. The summed E-state index contributed by atoms with van der Waals surface area (Å²) >= 11 is 6.13. The summed E-state index contributed by atoms with van der Waals surface area (Å²) in [5.41, 5.74) is 1.56. The zero-order valence-electron chi connectivity index (χ0n) is 12.2. The van der Waals surface area contributed by atoms with Crippen LogP contribution in [0.25, 0.3) is 22.2 Å². The number of fused-ring (bicyclic) bond motifs is 2. The van der Waals surface area contributed by atoms with Gasteiger partial charge in [-0.05, 0) is 25.1 Å². The Kier molecular flexibility index (Phi) is 3.20. The first-order chi connectivity index (χ1) is 11.2. The van der Waals surface area contributed by atoms with Crippen LogP contribution in [0, 0.1) is 0 Å². The van der Waals surface area contributed by atoms with Gasteiger partial charge in [-0.15, -0.1) is 0 Å². The molecule has 0 aliphatic carbocycles. The second-order valence-corrected chi connectivity index (χ2v) is 5.45. The van der Waals surface area contributed by atoms with Crippen LogP contribution in [-0.2, 0) is 6.54 Å². The largest absolute Gasteiger partial charge is 0.454 e. The molecule has 0 bridgehead atoms. The smallest absolute Gasteiger partial charge is 0.261 e. The molecule has 6 nitrogen and oxygen atoms in total. The van der Waals surface area contributed by atoms with E-state index < -0.39 is 0 Å². The molecule has 0 N–H and O–H groups in total. The highest BCUT2D eigenvalue weighted by Crippen LogP contribution is 2.42. The predicted octanol–water partition coefficient (Wildman–Crippen LogP) is 2.86. The monoisotopic (exact) mass is 329 g/mol. The second kappa shape index (κ2) is 5.24. The Morgan fingerprint density at radius 2 is 2.22 bits per heavy atom. The standard InChI is InChI=1S/C16H12ClN3O3/c1-2-20-7-18-13-10(16(20)21)6-12(17)19-14(13)9-4-3-5-11-15(9)23-8-22-11/h3-7H,2,8H2,1H3. The van der Waals surface area contributed by atoms with Crippen molar-refractivity contribution in [2.45, 2.75) is 13.5 Å². The number of hydrogen-bond acceptors (Lipinski definition) is 5. The van der Waals surface area contributed by atoms with E-state index in [2.05, 4.69) is 9.97 Å². The molecule has 7 heteroatoms. The zero-order chi connectivity index (χ0) is 16.0. The molecule has 0 spiro atoms. The first-order valence-corrected chi connectivity index (χ1v) is 7.51. The SMILES string of the molecule is CCn1cnc2c(-c3cccc4c3OCO4)nc(Cl)cc2c1=O. The van der Waals surface area contributed by atoms with E-state index in [1.807, 2.05) is 25.1 Å². The number of aryl methyl sites for hydroxylation is 1. The predicted molar refractivity (Wildman–Crippen MR) is 86.0 cm³/mol. The molecule has 0 atom stereocenters. The lowest BCUT2D eigenvalue weighted by Gasteiger charge is -2.10. The number of para-hydroxylation sites is 1. The quantitative estimate of drug-likeness (QED) is 0.676. The van der Waals surface area contributed by atoms with Crippen molar-refractivity contribution < 1.29 is 9.47 Å². The molecular weight excluding hydrogens is 318 g/mol. The molecule has 2 aromatic heterocycles. The molecule has 0 amide bonds. The van der Waals surface area contributed by atoms with E-state index in [9.17, 15) is 4.79 Å². The Morgan fingerprint density at radius 3 is 3.04 bits per heavy atom. The van der Waals surface area contributed by atoms with Crippen molar-refractivity contribution in [3.05, 3.63) is 46.1 Å². The van der Waals surface area contributed by atoms with Gasteiger partial charge in [-0.1, -0.05) is 17.7 Å². The normalized spacial score (nSPS) is 12.8. The molecular formula is C16H12ClN3O3. The van der Waals surface area contributed by atoms with Crippen molar-refractivity contribution in [1.82, 2.24) is 14.5 Å². The summed E-state index contributed by atoms with van der Waals surface area (Å²) in [5.74, 6) is 1.23. The Balaban J connectivity index is 2.07. The Bertz CT molecular complexity index is 984. The van der Waals surface area contributed by atoms with Gasteiger partial charge in [-0.25, -0.2) is 9.97 Å². The topological polar surface area (TPSA) is 66.2 Å². The summed E-state index contributed by atoms with van der Waals surface area (Å²) in [6.07, 6.45) is 1.52. The molecule has 0 fully saturated rings. The van der Waals surface area contributed by atoms with E-state index in [4.69, 9.17) is 21.1 Å². The fourth-order valence-corrected chi connectivity index (χ4v) is 2.86. The average Bonchev–Trinajstić information content (AvgIpc) is 3.04. The van der Waals surface area contributed by atoms with E-state index in [1.165, 1.54) is 10.9 Å². The van der Waals surface area contributed by atoms with Crippen LogP contribution >= 0.6 is 11.6 Å². The van der Waals surface area contributed by atoms with Crippen molar-refractivity contribution in [2.75, 3.05) is 6.79 Å². The second-order valence-electron chi connectivity index (χ2n) is 5.06. The number of hydrogen-bond donors (Lipinski definition) is 0. The van der Waals surface area contributed by atoms with Crippen molar-refractivity contribution in [1.29, 1.82) is 0 Å². The number of rotatable bonds is 2. The lowest BCUT2D eigenvalue weighted by Crippen LogP contribution is -2.20. The molecule has 1 aliphatic heterocycles. The summed E-state index contributed by atoms with van der Waals surface area (Å²) in [7, 11) is 0. The van der Waals surface area contributed by atoms with Gasteiger partial charge < -0.3 is 9.47 Å². The van der Waals surface area contributed by atoms with Gasteiger partial charge in [-0.3, -0.25) is 9.36 Å². The van der Waals surface area contributed by atoms with Gasteiger partial charge in [0.05, 0.1) is 11.7 Å². The van der Waals surface area contributed by atoms with Crippen molar-refractivity contribution in [3.8, 4) is 22.8 Å². The maximum Gasteiger partial charge on any atom is 0.261 e. The van der Waals surface area contributed by atoms with E-state index >= 15 is 0 Å². The van der Waals surface area contributed by atoms with Gasteiger partial charge in [0.25, 0.3) is 5.56 Å². The first kappa shape index (κ1) is 14.0. The van der Waals surface area contributed by atoms with Gasteiger partial charge in [0.1, 0.15) is 16.4 Å². The third-order valence-electron chi connectivity index (χ3n) is 3.77. The Morgan fingerprint density at radius 1 is 1.35 bits per heavy atom. The number of pyridine rings is 1. The zero-order valence-corrected chi connectivity index (χ0v) is 13.0. The van der Waals surface area contributed by atoms with Crippen molar-refractivity contribution >= 4 is 22.5 Å². The molecule has 3 heterocycles. The number of ether oxygens (including phenoxy) is 2. The minimum absolute atomic E-state index is 0.146. The highest BCUT2D eigenvalue weighted by atomic mass is 35.5. The molecule has 23 heavy (non-hydrogen) atoms. The summed E-state index contributed by atoms with van der Waals surface area (Å²) in [5, 5.41) is 0.664. The third kappa shape index (κ3) is 2.14. The van der Waals surface area contributed by atoms with Crippen LogP contribution in [0.1, 0.15) is 6.92 Å². The number of nitrogens with zero attached hydrogens (tertiary/aromatic N) is 3. The van der Waals surface area contributed by atoms with E-state index in [1.54, 1.807) is 6.07 Å². The van der Waals surface area contributed by atoms with Gasteiger partial charge in [0.2, 0.25) is 6.79 Å². The third-order valence-corrected chi connectivity index (χ3v) is 3.96. The molecule has 1 aromatic carbocycles. The molecule has 0 saturated heterocycles. The molecule has 0 saturated carbocycles. The van der Waals surface area contributed by atoms with Crippen LogP contribution in [0.4, 0.5) is 0 Å². The van der Waals surface area contributed by atoms with Crippen molar-refractivity contribution in [2.24, 2.45) is 0 Å². The van der Waals surface area contributed by atoms with E-state index in [0.29, 0.717) is 40.2 Å². The minimum Gasteiger partial charge on any atom is -0.454 e. The molecule has 1 aliphatic rings. The molecule has 0 unspecified atom stereocenters. The number of benzene rings is 1. The van der Waals surface area contributed by atoms with Crippen LogP contribution in [0.5, 0.6) is 11.5 Å². The average molecular weight is 330 g/mol. The van der Waals surface area contributed by atoms with Crippen LogP contribution in [0.2, 0.25) is 5.15 Å². The van der Waals surface area contributed by atoms with E-state index in [0.717, 1.165) is 0 Å². The van der Waals surface area contributed by atoms with Crippen LogP contribution < -0.4 is 15.0 Å². The summed E-state index contributed by atoms with van der Waals surface area (Å²) in [6, 6.07) is 7.04. The van der Waals surface area contributed by atoms with Gasteiger partial charge in [0, 0.05) is 12.1 Å². The van der Waals surface area contributed by atoms with Crippen LogP contribution in [0.3, 0.4) is 0 Å². The van der Waals surface area contributed by atoms with Gasteiger partial charge in [0.15, 0.2) is 11.5 Å². The summed E-state index contributed by atoms with van der Waals surface area (Å²) < 4.78 is 12.5. The maximum atomic E-state index is 12.5.